The minimum Gasteiger partial charge on any atom is -0.346 e. The van der Waals surface area contributed by atoms with Crippen LogP contribution in [-0.2, 0) is 6.54 Å². The zero-order valence-electron chi connectivity index (χ0n) is 13.8. The molecule has 124 valence electrons. The Morgan fingerprint density at radius 1 is 1.29 bits per heavy atom. The van der Waals surface area contributed by atoms with Crippen molar-refractivity contribution in [2.45, 2.75) is 33.2 Å². The van der Waals surface area contributed by atoms with Gasteiger partial charge in [0.15, 0.2) is 11.2 Å². The summed E-state index contributed by atoms with van der Waals surface area (Å²) in [5.41, 5.74) is 2.66. The molecule has 1 amide bonds. The summed E-state index contributed by atoms with van der Waals surface area (Å²) in [5.74, 6) is 0.0408. The molecule has 2 aromatic heterocycles. The number of amides is 1. The van der Waals surface area contributed by atoms with E-state index in [4.69, 9.17) is 0 Å². The Morgan fingerprint density at radius 3 is 2.67 bits per heavy atom. The number of fused-ring (bicyclic) bond motifs is 1. The zero-order chi connectivity index (χ0) is 17.3. The highest BCUT2D eigenvalue weighted by Gasteiger charge is 2.17. The predicted octanol–water partition coefficient (Wildman–Crippen LogP) is 1.78. The Morgan fingerprint density at radius 2 is 2.00 bits per heavy atom. The van der Waals surface area contributed by atoms with Crippen LogP contribution in [0.15, 0.2) is 35.3 Å². The molecule has 0 atom stereocenters. The SMILES string of the molecule is Cc1cn2nnc(C(=O)NCc3ccc(C(C)C)cc3)c2c(=O)[nH]1. The quantitative estimate of drug-likeness (QED) is 0.765. The van der Waals surface area contributed by atoms with Crippen molar-refractivity contribution in [2.24, 2.45) is 0 Å². The number of aryl methyl sites for hydroxylation is 1. The monoisotopic (exact) mass is 325 g/mol. The van der Waals surface area contributed by atoms with E-state index in [9.17, 15) is 9.59 Å². The van der Waals surface area contributed by atoms with Crippen LogP contribution < -0.4 is 10.9 Å². The molecule has 2 N–H and O–H groups in total. The summed E-state index contributed by atoms with van der Waals surface area (Å²) in [6, 6.07) is 8.06. The van der Waals surface area contributed by atoms with E-state index in [1.54, 1.807) is 13.1 Å². The van der Waals surface area contributed by atoms with Crippen molar-refractivity contribution < 1.29 is 4.79 Å². The predicted molar refractivity (Wildman–Crippen MR) is 90.0 cm³/mol. The van der Waals surface area contributed by atoms with Crippen molar-refractivity contribution in [2.75, 3.05) is 0 Å². The van der Waals surface area contributed by atoms with Crippen LogP contribution >= 0.6 is 0 Å². The Bertz CT molecular complexity index is 938. The lowest BCUT2D eigenvalue weighted by atomic mass is 10.0. The summed E-state index contributed by atoms with van der Waals surface area (Å²) in [5, 5.41) is 10.4. The Hall–Kier alpha value is -2.96. The number of carbonyl (C=O) groups excluding carboxylic acids is 1. The first-order valence-electron chi connectivity index (χ1n) is 7.77. The molecule has 3 rings (SSSR count). The van der Waals surface area contributed by atoms with E-state index in [0.29, 0.717) is 18.2 Å². The molecule has 0 aliphatic rings. The molecule has 0 saturated heterocycles. The van der Waals surface area contributed by atoms with Gasteiger partial charge in [-0.05, 0) is 24.0 Å². The molecule has 0 saturated carbocycles. The van der Waals surface area contributed by atoms with Gasteiger partial charge in [-0.1, -0.05) is 43.3 Å². The minimum atomic E-state index is -0.424. The van der Waals surface area contributed by atoms with Gasteiger partial charge in [0.1, 0.15) is 0 Å². The number of hydrogen-bond acceptors (Lipinski definition) is 4. The third-order valence-corrected chi connectivity index (χ3v) is 3.85. The van der Waals surface area contributed by atoms with Crippen LogP contribution in [0.2, 0.25) is 0 Å². The second-order valence-electron chi connectivity index (χ2n) is 6.08. The number of aromatic amines is 1. The van der Waals surface area contributed by atoms with Gasteiger partial charge in [-0.25, -0.2) is 4.52 Å². The average Bonchev–Trinajstić information content (AvgIpc) is 2.97. The lowest BCUT2D eigenvalue weighted by Crippen LogP contribution is -2.25. The Balaban J connectivity index is 1.77. The van der Waals surface area contributed by atoms with E-state index in [1.165, 1.54) is 10.1 Å². The van der Waals surface area contributed by atoms with Crippen molar-refractivity contribution in [1.82, 2.24) is 25.1 Å². The van der Waals surface area contributed by atoms with E-state index in [-0.39, 0.29) is 16.8 Å². The van der Waals surface area contributed by atoms with Crippen LogP contribution in [0.4, 0.5) is 0 Å². The van der Waals surface area contributed by atoms with Crippen molar-refractivity contribution in [3.63, 3.8) is 0 Å². The van der Waals surface area contributed by atoms with Gasteiger partial charge in [0.25, 0.3) is 11.5 Å². The number of benzene rings is 1. The molecule has 24 heavy (non-hydrogen) atoms. The maximum absolute atomic E-state index is 12.3. The van der Waals surface area contributed by atoms with Crippen molar-refractivity contribution in [1.29, 1.82) is 0 Å². The molecule has 0 aliphatic heterocycles. The fourth-order valence-corrected chi connectivity index (χ4v) is 2.49. The summed E-state index contributed by atoms with van der Waals surface area (Å²) < 4.78 is 1.32. The smallest absolute Gasteiger partial charge is 0.276 e. The summed E-state index contributed by atoms with van der Waals surface area (Å²) in [7, 11) is 0. The maximum atomic E-state index is 12.3. The van der Waals surface area contributed by atoms with Gasteiger partial charge >= 0.3 is 0 Å². The Labute approximate surface area is 138 Å². The molecule has 1 aromatic carbocycles. The molecule has 7 heteroatoms. The molecular formula is C17H19N5O2. The molecule has 2 heterocycles. The fraction of sp³-hybridized carbons (Fsp3) is 0.294. The highest BCUT2D eigenvalue weighted by atomic mass is 16.2. The fourth-order valence-electron chi connectivity index (χ4n) is 2.49. The second-order valence-corrected chi connectivity index (χ2v) is 6.08. The summed E-state index contributed by atoms with van der Waals surface area (Å²) in [6.07, 6.45) is 1.62. The van der Waals surface area contributed by atoms with Crippen LogP contribution in [0.5, 0.6) is 0 Å². The number of aromatic nitrogens is 4. The number of nitrogens with zero attached hydrogens (tertiary/aromatic N) is 3. The van der Waals surface area contributed by atoms with Crippen LogP contribution in [-0.4, -0.2) is 25.7 Å². The molecule has 3 aromatic rings. The summed E-state index contributed by atoms with van der Waals surface area (Å²) in [4.78, 5) is 27.0. The largest absolute Gasteiger partial charge is 0.346 e. The highest BCUT2D eigenvalue weighted by Crippen LogP contribution is 2.14. The summed E-state index contributed by atoms with van der Waals surface area (Å²) in [6.45, 7) is 6.36. The molecule has 0 fully saturated rings. The van der Waals surface area contributed by atoms with Crippen LogP contribution in [0.1, 0.15) is 47.1 Å². The van der Waals surface area contributed by atoms with Crippen molar-refractivity contribution >= 4 is 11.4 Å². The highest BCUT2D eigenvalue weighted by molar-refractivity contribution is 5.98. The van der Waals surface area contributed by atoms with Crippen LogP contribution in [0.3, 0.4) is 0 Å². The maximum Gasteiger partial charge on any atom is 0.276 e. The molecular weight excluding hydrogens is 306 g/mol. The minimum absolute atomic E-state index is 0.0232. The van der Waals surface area contributed by atoms with Gasteiger partial charge in [0.05, 0.1) is 6.20 Å². The Kier molecular flexibility index (Phi) is 4.16. The van der Waals surface area contributed by atoms with Crippen LogP contribution in [0, 0.1) is 6.92 Å². The molecule has 7 nitrogen and oxygen atoms in total. The van der Waals surface area contributed by atoms with Gasteiger partial charge in [0.2, 0.25) is 0 Å². The standard InChI is InChI=1S/C17H19N5O2/c1-10(2)13-6-4-12(5-7-13)8-18-16(23)14-15-17(24)19-11(3)9-22(15)21-20-14/h4-7,9-10H,8H2,1-3H3,(H,18,23)(H,19,24). The number of carbonyl (C=O) groups is 1. The normalized spacial score (nSPS) is 11.2. The molecule has 0 aliphatic carbocycles. The topological polar surface area (TPSA) is 92.2 Å². The van der Waals surface area contributed by atoms with Crippen molar-refractivity contribution in [3.8, 4) is 0 Å². The van der Waals surface area contributed by atoms with Gasteiger partial charge in [-0.3, -0.25) is 9.59 Å². The first-order chi connectivity index (χ1) is 11.5. The lowest BCUT2D eigenvalue weighted by molar-refractivity contribution is 0.0947. The van der Waals surface area contributed by atoms with E-state index < -0.39 is 5.91 Å². The molecule has 0 unspecified atom stereocenters. The number of hydrogen-bond donors (Lipinski definition) is 2. The molecule has 0 spiro atoms. The van der Waals surface area contributed by atoms with Gasteiger partial charge < -0.3 is 10.3 Å². The van der Waals surface area contributed by atoms with E-state index in [1.807, 2.05) is 24.3 Å². The van der Waals surface area contributed by atoms with Crippen molar-refractivity contribution in [3.05, 3.63) is 63.3 Å². The van der Waals surface area contributed by atoms with Gasteiger partial charge in [-0.2, -0.15) is 0 Å². The summed E-state index contributed by atoms with van der Waals surface area (Å²) >= 11 is 0. The molecule has 0 radical (unpaired) electrons. The van der Waals surface area contributed by atoms with Crippen LogP contribution in [0.25, 0.3) is 5.52 Å². The second kappa shape index (κ2) is 6.27. The first kappa shape index (κ1) is 15.9. The van der Waals surface area contributed by atoms with E-state index in [0.717, 1.165) is 5.56 Å². The molecule has 0 bridgehead atoms. The van der Waals surface area contributed by atoms with E-state index >= 15 is 0 Å². The van der Waals surface area contributed by atoms with Gasteiger partial charge in [0, 0.05) is 12.2 Å². The van der Waals surface area contributed by atoms with E-state index in [2.05, 4.69) is 34.5 Å². The zero-order valence-corrected chi connectivity index (χ0v) is 13.8. The third-order valence-electron chi connectivity index (χ3n) is 3.85. The number of H-pyrrole nitrogens is 1. The first-order valence-corrected chi connectivity index (χ1v) is 7.77. The lowest BCUT2D eigenvalue weighted by Gasteiger charge is -2.07. The number of rotatable bonds is 4. The van der Waals surface area contributed by atoms with Gasteiger partial charge in [-0.15, -0.1) is 5.10 Å². The average molecular weight is 325 g/mol. The third kappa shape index (κ3) is 3.05. The number of nitrogens with one attached hydrogen (secondary N) is 2.